The van der Waals surface area contributed by atoms with Gasteiger partial charge >= 0.3 is 6.36 Å². The van der Waals surface area contributed by atoms with Gasteiger partial charge in [-0.25, -0.2) is 0 Å². The first-order valence-electron chi connectivity index (χ1n) is 8.39. The molecular formula is C19H19F3N2O3. The van der Waals surface area contributed by atoms with Crippen LogP contribution in [0.5, 0.6) is 5.75 Å². The minimum absolute atomic E-state index is 0.00569. The van der Waals surface area contributed by atoms with E-state index < -0.39 is 24.1 Å². The monoisotopic (exact) mass is 380 g/mol. The van der Waals surface area contributed by atoms with Crippen molar-refractivity contribution in [2.24, 2.45) is 0 Å². The smallest absolute Gasteiger partial charge is 0.406 e. The molecule has 1 aliphatic rings. The van der Waals surface area contributed by atoms with Crippen molar-refractivity contribution >= 4 is 11.6 Å². The lowest BCUT2D eigenvalue weighted by Gasteiger charge is -2.15. The first kappa shape index (κ1) is 19.0. The number of carbonyl (C=O) groups is 1. The van der Waals surface area contributed by atoms with E-state index in [-0.39, 0.29) is 12.1 Å². The molecule has 0 unspecified atom stereocenters. The number of nitrogens with zero attached hydrogens (tertiary/aromatic N) is 1. The topological polar surface area (TPSA) is 61.8 Å². The van der Waals surface area contributed by atoms with Crippen molar-refractivity contribution in [2.75, 3.05) is 25.0 Å². The molecule has 0 radical (unpaired) electrons. The van der Waals surface area contributed by atoms with Gasteiger partial charge in [-0.05, 0) is 47.9 Å². The number of aliphatic hydroxyl groups is 1. The summed E-state index contributed by atoms with van der Waals surface area (Å²) in [5, 5.41) is 12.9. The number of halogens is 3. The van der Waals surface area contributed by atoms with E-state index in [0.717, 1.165) is 36.3 Å². The Kier molecular flexibility index (Phi) is 5.27. The molecule has 0 spiro atoms. The van der Waals surface area contributed by atoms with Gasteiger partial charge in [0.2, 0.25) is 0 Å². The quantitative estimate of drug-likeness (QED) is 0.837. The molecule has 0 aromatic heterocycles. The second kappa shape index (κ2) is 7.48. The largest absolute Gasteiger partial charge is 0.573 e. The van der Waals surface area contributed by atoms with E-state index >= 15 is 0 Å². The number of anilines is 1. The van der Waals surface area contributed by atoms with E-state index in [9.17, 15) is 23.1 Å². The number of rotatable bonds is 5. The van der Waals surface area contributed by atoms with Gasteiger partial charge in [0, 0.05) is 31.4 Å². The fraction of sp³-hybridized carbons (Fsp3) is 0.316. The maximum Gasteiger partial charge on any atom is 0.573 e. The Morgan fingerprint density at radius 1 is 1.26 bits per heavy atom. The molecule has 1 heterocycles. The van der Waals surface area contributed by atoms with Crippen LogP contribution < -0.4 is 15.0 Å². The summed E-state index contributed by atoms with van der Waals surface area (Å²) in [4.78, 5) is 14.3. The summed E-state index contributed by atoms with van der Waals surface area (Å²) in [7, 11) is 2.01. The molecule has 1 amide bonds. The highest BCUT2D eigenvalue weighted by atomic mass is 19.4. The van der Waals surface area contributed by atoms with Gasteiger partial charge in [0.05, 0.1) is 6.10 Å². The molecule has 1 aliphatic heterocycles. The number of carbonyl (C=O) groups excluding carboxylic acids is 1. The standard InChI is InChI=1S/C19H19F3N2O3/c1-24-9-8-13-10-14(4-7-16(13)24)17(25)11-23-18(26)12-2-5-15(6-3-12)27-19(20,21)22/h2-7,10,17,25H,8-9,11H2,1H3,(H,23,26)/t17-/m0/s1. The zero-order valence-electron chi connectivity index (χ0n) is 14.6. The lowest BCUT2D eigenvalue weighted by molar-refractivity contribution is -0.274. The van der Waals surface area contributed by atoms with E-state index in [1.54, 1.807) is 0 Å². The third-order valence-corrected chi connectivity index (χ3v) is 4.42. The molecular weight excluding hydrogens is 361 g/mol. The molecule has 2 N–H and O–H groups in total. The number of amides is 1. The molecule has 0 bridgehead atoms. The number of benzene rings is 2. The third-order valence-electron chi connectivity index (χ3n) is 4.42. The highest BCUT2D eigenvalue weighted by Gasteiger charge is 2.31. The van der Waals surface area contributed by atoms with Crippen LogP contribution in [-0.4, -0.2) is 37.5 Å². The average Bonchev–Trinajstić information content (AvgIpc) is 2.99. The summed E-state index contributed by atoms with van der Waals surface area (Å²) in [5.74, 6) is -0.893. The highest BCUT2D eigenvalue weighted by Crippen LogP contribution is 2.29. The van der Waals surface area contributed by atoms with Crippen LogP contribution in [0.4, 0.5) is 18.9 Å². The SMILES string of the molecule is CN1CCc2cc([C@@H](O)CNC(=O)c3ccc(OC(F)(F)F)cc3)ccc21. The number of alkyl halides is 3. The van der Waals surface area contributed by atoms with Crippen LogP contribution in [0, 0.1) is 0 Å². The van der Waals surface area contributed by atoms with Crippen LogP contribution >= 0.6 is 0 Å². The van der Waals surface area contributed by atoms with Crippen LogP contribution in [0.1, 0.15) is 27.6 Å². The van der Waals surface area contributed by atoms with Crippen LogP contribution in [-0.2, 0) is 6.42 Å². The molecule has 0 saturated carbocycles. The van der Waals surface area contributed by atoms with Crippen molar-refractivity contribution in [3.05, 3.63) is 59.2 Å². The predicted molar refractivity (Wildman–Crippen MR) is 93.8 cm³/mol. The van der Waals surface area contributed by atoms with E-state index in [2.05, 4.69) is 15.0 Å². The summed E-state index contributed by atoms with van der Waals surface area (Å²) < 4.78 is 40.2. The number of nitrogens with one attached hydrogen (secondary N) is 1. The van der Waals surface area contributed by atoms with Gasteiger partial charge in [-0.2, -0.15) is 0 Å². The van der Waals surface area contributed by atoms with Crippen molar-refractivity contribution in [1.82, 2.24) is 5.32 Å². The van der Waals surface area contributed by atoms with E-state index in [1.165, 1.54) is 12.1 Å². The van der Waals surface area contributed by atoms with E-state index in [1.807, 2.05) is 25.2 Å². The first-order valence-corrected chi connectivity index (χ1v) is 8.39. The number of hydrogen-bond acceptors (Lipinski definition) is 4. The zero-order chi connectivity index (χ0) is 19.6. The zero-order valence-corrected chi connectivity index (χ0v) is 14.6. The van der Waals surface area contributed by atoms with Crippen LogP contribution in [0.25, 0.3) is 0 Å². The van der Waals surface area contributed by atoms with Crippen molar-refractivity contribution in [3.8, 4) is 5.75 Å². The number of fused-ring (bicyclic) bond motifs is 1. The third kappa shape index (κ3) is 4.71. The molecule has 0 aliphatic carbocycles. The number of ether oxygens (including phenoxy) is 1. The lowest BCUT2D eigenvalue weighted by Crippen LogP contribution is -2.28. The molecule has 0 fully saturated rings. The van der Waals surface area contributed by atoms with Crippen molar-refractivity contribution in [2.45, 2.75) is 18.9 Å². The van der Waals surface area contributed by atoms with Gasteiger partial charge in [0.25, 0.3) is 5.91 Å². The Hall–Kier alpha value is -2.74. The second-order valence-corrected chi connectivity index (χ2v) is 6.36. The van der Waals surface area contributed by atoms with Gasteiger partial charge < -0.3 is 20.1 Å². The minimum Gasteiger partial charge on any atom is -0.406 e. The van der Waals surface area contributed by atoms with Crippen LogP contribution in [0.2, 0.25) is 0 Å². The van der Waals surface area contributed by atoms with Crippen molar-refractivity contribution in [1.29, 1.82) is 0 Å². The minimum atomic E-state index is -4.78. The Morgan fingerprint density at radius 3 is 2.63 bits per heavy atom. The Bertz CT molecular complexity index is 822. The maximum absolute atomic E-state index is 12.1. The van der Waals surface area contributed by atoms with Crippen LogP contribution in [0.15, 0.2) is 42.5 Å². The van der Waals surface area contributed by atoms with Gasteiger partial charge in [0.1, 0.15) is 5.75 Å². The number of aliphatic hydroxyl groups excluding tert-OH is 1. The first-order chi connectivity index (χ1) is 12.7. The van der Waals surface area contributed by atoms with Gasteiger partial charge in [-0.1, -0.05) is 12.1 Å². The van der Waals surface area contributed by atoms with Crippen molar-refractivity contribution < 1.29 is 27.8 Å². The summed E-state index contributed by atoms with van der Waals surface area (Å²) in [5.41, 5.74) is 3.17. The lowest BCUT2D eigenvalue weighted by atomic mass is 10.0. The number of hydrogen-bond donors (Lipinski definition) is 2. The highest BCUT2D eigenvalue weighted by molar-refractivity contribution is 5.94. The Balaban J connectivity index is 1.57. The summed E-state index contributed by atoms with van der Waals surface area (Å²) in [6, 6.07) is 10.3. The molecule has 0 saturated heterocycles. The van der Waals surface area contributed by atoms with Crippen molar-refractivity contribution in [3.63, 3.8) is 0 Å². The summed E-state index contributed by atoms with van der Waals surface area (Å²) in [6.45, 7) is 0.925. The van der Waals surface area contributed by atoms with Gasteiger partial charge in [-0.3, -0.25) is 4.79 Å². The molecule has 2 aromatic rings. The van der Waals surface area contributed by atoms with E-state index in [0.29, 0.717) is 5.56 Å². The Morgan fingerprint density at radius 2 is 1.96 bits per heavy atom. The van der Waals surface area contributed by atoms with Gasteiger partial charge in [-0.15, -0.1) is 13.2 Å². The average molecular weight is 380 g/mol. The fourth-order valence-electron chi connectivity index (χ4n) is 3.01. The molecule has 3 rings (SSSR count). The fourth-order valence-corrected chi connectivity index (χ4v) is 3.01. The van der Waals surface area contributed by atoms with Gasteiger partial charge in [0.15, 0.2) is 0 Å². The molecule has 8 heteroatoms. The molecule has 1 atom stereocenters. The summed E-state index contributed by atoms with van der Waals surface area (Å²) >= 11 is 0. The molecule has 5 nitrogen and oxygen atoms in total. The normalized spacial score (nSPS) is 14.6. The molecule has 2 aromatic carbocycles. The second-order valence-electron chi connectivity index (χ2n) is 6.36. The molecule has 27 heavy (non-hydrogen) atoms. The molecule has 144 valence electrons. The number of likely N-dealkylation sites (N-methyl/N-ethyl adjacent to an activating group) is 1. The Labute approximate surface area is 154 Å². The van der Waals surface area contributed by atoms with Crippen LogP contribution in [0.3, 0.4) is 0 Å². The predicted octanol–water partition coefficient (Wildman–Crippen LogP) is 3.04. The maximum atomic E-state index is 12.1. The van der Waals surface area contributed by atoms with E-state index in [4.69, 9.17) is 0 Å². The summed E-state index contributed by atoms with van der Waals surface area (Å²) in [6.07, 6.45) is -4.75.